The van der Waals surface area contributed by atoms with Crippen molar-refractivity contribution in [3.05, 3.63) is 113 Å². The molecule has 0 fully saturated rings. The molecule has 0 amide bonds. The average molecular weight is 673 g/mol. The van der Waals surface area contributed by atoms with Crippen molar-refractivity contribution in [3.8, 4) is 22.3 Å². The third-order valence-electron chi connectivity index (χ3n) is 7.53. The van der Waals surface area contributed by atoms with E-state index in [0.717, 1.165) is 9.52 Å². The maximum Gasteiger partial charge on any atom is 0.0920 e. The zero-order chi connectivity index (χ0) is 29.9. The van der Waals surface area contributed by atoms with E-state index in [-0.39, 0.29) is 10.8 Å². The van der Waals surface area contributed by atoms with Crippen molar-refractivity contribution in [2.24, 2.45) is 0 Å². The molecule has 0 saturated carbocycles. The minimum Gasteiger partial charge on any atom is -0.184 e. The third kappa shape index (κ3) is 7.58. The predicted molar refractivity (Wildman–Crippen MR) is 179 cm³/mol. The molecule has 6 rings (SSSR count). The molecule has 0 bridgehead atoms. The molecule has 0 atom stereocenters. The quantitative estimate of drug-likeness (QED) is 0.121. The van der Waals surface area contributed by atoms with Gasteiger partial charge < -0.3 is 0 Å². The van der Waals surface area contributed by atoms with Gasteiger partial charge in [-0.3, -0.25) is 0 Å². The fourth-order valence-corrected chi connectivity index (χ4v) is 6.60. The molecule has 208 valence electrons. The van der Waals surface area contributed by atoms with E-state index in [1.165, 1.54) is 65.7 Å². The van der Waals surface area contributed by atoms with E-state index in [2.05, 4.69) is 140 Å². The molecule has 0 nitrogen and oxygen atoms in total. The van der Waals surface area contributed by atoms with Crippen LogP contribution in [0, 0.1) is 19.9 Å². The van der Waals surface area contributed by atoms with Gasteiger partial charge in [0.2, 0.25) is 0 Å². The van der Waals surface area contributed by atoms with Crippen molar-refractivity contribution in [1.29, 1.82) is 0 Å². The SMILES string of the molecule is Cc1cc2c(-c3cc(C(C)(C)C)cc(C(C)(C)C)c3)c(C)ccc2[cH-]1.[Cl][Zr+2][Cl].[c-]1cccc2c1[Si]c1ccccc1-2. The summed E-state index contributed by atoms with van der Waals surface area (Å²) in [6.45, 7) is 18.2. The van der Waals surface area contributed by atoms with Gasteiger partial charge in [-0.15, -0.1) is 40.1 Å². The Morgan fingerprint density at radius 3 is 2.00 bits per heavy atom. The van der Waals surface area contributed by atoms with Crippen molar-refractivity contribution in [3.63, 3.8) is 0 Å². The Labute approximate surface area is 268 Å². The number of hydrogen-bond donors (Lipinski definition) is 0. The number of rotatable bonds is 1. The van der Waals surface area contributed by atoms with Crippen LogP contribution in [0.5, 0.6) is 0 Å². The largest absolute Gasteiger partial charge is 0.184 e. The van der Waals surface area contributed by atoms with Crippen LogP contribution in [-0.4, -0.2) is 9.52 Å². The van der Waals surface area contributed by atoms with Gasteiger partial charge in [0.15, 0.2) is 0 Å². The molecule has 0 spiro atoms. The Balaban J connectivity index is 0.000000200. The van der Waals surface area contributed by atoms with Crippen LogP contribution in [0.15, 0.2) is 84.9 Å². The Morgan fingerprint density at radius 1 is 0.756 bits per heavy atom. The van der Waals surface area contributed by atoms with Gasteiger partial charge in [-0.2, -0.15) is 35.5 Å². The Bertz CT molecular complexity index is 1570. The molecule has 1 aliphatic rings. The molecule has 41 heavy (non-hydrogen) atoms. The van der Waals surface area contributed by atoms with Crippen LogP contribution in [-0.2, 0) is 31.7 Å². The van der Waals surface area contributed by atoms with Crippen LogP contribution >= 0.6 is 17.0 Å². The smallest absolute Gasteiger partial charge is 0.0920 e. The second-order valence-corrected chi connectivity index (χ2v) is 17.8. The van der Waals surface area contributed by atoms with Crippen molar-refractivity contribution in [2.75, 3.05) is 0 Å². The van der Waals surface area contributed by atoms with Crippen molar-refractivity contribution < 1.29 is 20.8 Å². The molecule has 0 N–H and O–H groups in total. The first-order valence-corrected chi connectivity index (χ1v) is 21.3. The maximum absolute atomic E-state index is 4.93. The van der Waals surface area contributed by atoms with Crippen LogP contribution in [0.25, 0.3) is 33.0 Å². The Kier molecular flexibility index (Phi) is 10.3. The standard InChI is InChI=1S/C25H31.C12H7Si.2ClH.Zr/c1-16-11-18-10-9-17(2)23(22(18)12-16)19-13-20(24(3,4)5)15-21(14-19)25(6,7)8;1-3-7-11-9(5-1)10-6-2-4-8-12(10)13-11;;;/h9-15H,1-8H3;1-7H;2*1H;/q2*-1;;;+4/p-2. The maximum atomic E-state index is 4.93. The van der Waals surface area contributed by atoms with Gasteiger partial charge in [0, 0.05) is 0 Å². The van der Waals surface area contributed by atoms with Gasteiger partial charge in [0.25, 0.3) is 0 Å². The molecule has 0 saturated heterocycles. The predicted octanol–water partition coefficient (Wildman–Crippen LogP) is 9.94. The van der Waals surface area contributed by atoms with Crippen molar-refractivity contribution in [2.45, 2.75) is 66.2 Å². The first-order chi connectivity index (χ1) is 19.3. The molecule has 1 aliphatic heterocycles. The zero-order valence-electron chi connectivity index (χ0n) is 25.3. The molecular weight excluding hydrogens is 635 g/mol. The molecule has 4 heteroatoms. The Hall–Kier alpha value is -1.83. The fourth-order valence-electron chi connectivity index (χ4n) is 5.29. The number of halogens is 2. The summed E-state index contributed by atoms with van der Waals surface area (Å²) in [5.74, 6) is 0. The van der Waals surface area contributed by atoms with Crippen LogP contribution in [0.3, 0.4) is 0 Å². The fraction of sp³-hybridized carbons (Fsp3) is 0.270. The molecule has 0 aliphatic carbocycles. The van der Waals surface area contributed by atoms with E-state index in [9.17, 15) is 0 Å². The summed E-state index contributed by atoms with van der Waals surface area (Å²) in [5, 5.41) is 5.55. The summed E-state index contributed by atoms with van der Waals surface area (Å²) in [4.78, 5) is 0. The van der Waals surface area contributed by atoms with E-state index in [1.807, 2.05) is 6.07 Å². The molecule has 5 aromatic carbocycles. The molecule has 0 aromatic heterocycles. The minimum atomic E-state index is -0.826. The summed E-state index contributed by atoms with van der Waals surface area (Å²) >= 11 is -0.826. The molecule has 2 radical (unpaired) electrons. The average Bonchev–Trinajstić information content (AvgIpc) is 3.48. The van der Waals surface area contributed by atoms with Crippen molar-refractivity contribution in [1.82, 2.24) is 0 Å². The topological polar surface area (TPSA) is 0 Å². The van der Waals surface area contributed by atoms with E-state index < -0.39 is 20.8 Å². The Morgan fingerprint density at radius 2 is 1.37 bits per heavy atom. The molecular formula is C37H38Cl2SiZr. The van der Waals surface area contributed by atoms with Crippen LogP contribution in [0.2, 0.25) is 0 Å². The van der Waals surface area contributed by atoms with E-state index >= 15 is 0 Å². The number of hydrogen-bond acceptors (Lipinski definition) is 0. The first-order valence-electron chi connectivity index (χ1n) is 14.0. The van der Waals surface area contributed by atoms with Gasteiger partial charge in [0.05, 0.1) is 9.52 Å². The van der Waals surface area contributed by atoms with Crippen LogP contribution in [0.1, 0.15) is 63.8 Å². The van der Waals surface area contributed by atoms with E-state index in [1.54, 1.807) is 0 Å². The minimum absolute atomic E-state index is 0.139. The second kappa shape index (κ2) is 13.2. The van der Waals surface area contributed by atoms with E-state index in [0.29, 0.717) is 0 Å². The summed E-state index contributed by atoms with van der Waals surface area (Å²) in [7, 11) is 10.7. The summed E-state index contributed by atoms with van der Waals surface area (Å²) in [6, 6.07) is 34.5. The molecule has 1 heterocycles. The monoisotopic (exact) mass is 670 g/mol. The molecule has 0 unspecified atom stereocenters. The number of aryl methyl sites for hydroxylation is 2. The van der Waals surface area contributed by atoms with Crippen LogP contribution < -0.4 is 10.4 Å². The van der Waals surface area contributed by atoms with Gasteiger partial charge in [-0.1, -0.05) is 113 Å². The summed E-state index contributed by atoms with van der Waals surface area (Å²) in [5.41, 5.74) is 11.3. The first kappa shape index (κ1) is 32.1. The summed E-state index contributed by atoms with van der Waals surface area (Å²) in [6.07, 6.45) is 0. The van der Waals surface area contributed by atoms with Gasteiger partial charge in [-0.05, 0) is 34.4 Å². The normalized spacial score (nSPS) is 12.0. The van der Waals surface area contributed by atoms with Gasteiger partial charge >= 0.3 is 37.9 Å². The number of fused-ring (bicyclic) bond motifs is 4. The van der Waals surface area contributed by atoms with Gasteiger partial charge in [-0.25, -0.2) is 0 Å². The van der Waals surface area contributed by atoms with Gasteiger partial charge in [0.1, 0.15) is 0 Å². The third-order valence-corrected chi connectivity index (χ3v) is 8.90. The van der Waals surface area contributed by atoms with E-state index in [4.69, 9.17) is 17.0 Å². The number of benzene rings is 4. The zero-order valence-corrected chi connectivity index (χ0v) is 30.3. The second-order valence-electron chi connectivity index (χ2n) is 12.8. The van der Waals surface area contributed by atoms with Crippen LogP contribution in [0.4, 0.5) is 0 Å². The summed E-state index contributed by atoms with van der Waals surface area (Å²) < 4.78 is 0. The molecule has 5 aromatic rings. The van der Waals surface area contributed by atoms with Crippen molar-refractivity contribution >= 4 is 47.7 Å².